The van der Waals surface area contributed by atoms with Gasteiger partial charge in [-0.25, -0.2) is 4.39 Å². The van der Waals surface area contributed by atoms with Crippen molar-refractivity contribution in [2.24, 2.45) is 0 Å². The Bertz CT molecular complexity index is 947. The predicted octanol–water partition coefficient (Wildman–Crippen LogP) is 4.81. The molecule has 1 amide bonds. The van der Waals surface area contributed by atoms with E-state index in [1.165, 1.54) is 23.9 Å². The van der Waals surface area contributed by atoms with E-state index in [2.05, 4.69) is 10.2 Å². The molecule has 0 radical (unpaired) electrons. The third kappa shape index (κ3) is 4.85. The quantitative estimate of drug-likeness (QED) is 0.523. The van der Waals surface area contributed by atoms with Crippen LogP contribution in [0.4, 0.5) is 4.39 Å². The van der Waals surface area contributed by atoms with Crippen LogP contribution in [0.25, 0.3) is 17.1 Å². The lowest BCUT2D eigenvalue weighted by molar-refractivity contribution is -0.131. The summed E-state index contributed by atoms with van der Waals surface area (Å²) >= 11 is 1.34. The van der Waals surface area contributed by atoms with Crippen LogP contribution in [0, 0.1) is 5.82 Å². The van der Waals surface area contributed by atoms with Gasteiger partial charge in [0.2, 0.25) is 5.91 Å². The number of aromatic nitrogens is 3. The second-order valence-corrected chi connectivity index (χ2v) is 8.20. The summed E-state index contributed by atoms with van der Waals surface area (Å²) < 4.78 is 15.3. The normalized spacial score (nSPS) is 11.3. The second-order valence-electron chi connectivity index (χ2n) is 7.26. The van der Waals surface area contributed by atoms with Crippen molar-refractivity contribution < 1.29 is 9.18 Å². The first-order valence-corrected chi connectivity index (χ1v) is 10.6. The minimum atomic E-state index is -0.308. The van der Waals surface area contributed by atoms with E-state index in [9.17, 15) is 9.18 Å². The van der Waals surface area contributed by atoms with Gasteiger partial charge in [-0.05, 0) is 52.0 Å². The van der Waals surface area contributed by atoms with Crippen LogP contribution in [0.2, 0.25) is 0 Å². The number of halogens is 1. The van der Waals surface area contributed by atoms with Crippen LogP contribution >= 0.6 is 11.8 Å². The molecule has 2 aromatic carbocycles. The van der Waals surface area contributed by atoms with Crippen LogP contribution in [-0.4, -0.2) is 43.4 Å². The molecule has 7 heteroatoms. The molecule has 0 aliphatic carbocycles. The van der Waals surface area contributed by atoms with Crippen molar-refractivity contribution in [2.45, 2.75) is 44.9 Å². The molecular formula is C22H25FN4OS. The average Bonchev–Trinajstić information content (AvgIpc) is 3.11. The Hall–Kier alpha value is -2.67. The first-order valence-electron chi connectivity index (χ1n) is 9.59. The molecule has 0 aliphatic heterocycles. The van der Waals surface area contributed by atoms with Crippen LogP contribution in [-0.2, 0) is 4.79 Å². The van der Waals surface area contributed by atoms with Gasteiger partial charge in [-0.3, -0.25) is 9.36 Å². The Balaban J connectivity index is 1.94. The van der Waals surface area contributed by atoms with Gasteiger partial charge in [0.15, 0.2) is 11.0 Å². The highest BCUT2D eigenvalue weighted by atomic mass is 32.2. The topological polar surface area (TPSA) is 51.0 Å². The van der Waals surface area contributed by atoms with Gasteiger partial charge in [-0.1, -0.05) is 42.1 Å². The molecule has 0 bridgehead atoms. The fourth-order valence-corrected chi connectivity index (χ4v) is 4.15. The Kier molecular flexibility index (Phi) is 6.69. The first-order chi connectivity index (χ1) is 13.9. The molecule has 29 heavy (non-hydrogen) atoms. The van der Waals surface area contributed by atoms with Crippen molar-refractivity contribution in [3.05, 3.63) is 60.4 Å². The highest BCUT2D eigenvalue weighted by Gasteiger charge is 2.22. The van der Waals surface area contributed by atoms with E-state index in [1.54, 1.807) is 12.1 Å². The maximum atomic E-state index is 13.5. The second kappa shape index (κ2) is 9.22. The molecule has 0 spiro atoms. The maximum absolute atomic E-state index is 13.5. The molecule has 5 nitrogen and oxygen atoms in total. The van der Waals surface area contributed by atoms with Crippen molar-refractivity contribution in [2.75, 3.05) is 5.75 Å². The molecule has 1 aromatic heterocycles. The number of carbonyl (C=O) groups is 1. The Morgan fingerprint density at radius 2 is 1.62 bits per heavy atom. The minimum Gasteiger partial charge on any atom is -0.337 e. The number of amides is 1. The summed E-state index contributed by atoms with van der Waals surface area (Å²) in [6.45, 7) is 8.04. The molecule has 0 N–H and O–H groups in total. The summed E-state index contributed by atoms with van der Waals surface area (Å²) in [5, 5.41) is 9.27. The fraction of sp³-hybridized carbons (Fsp3) is 0.318. The van der Waals surface area contributed by atoms with E-state index in [0.717, 1.165) is 11.3 Å². The number of carbonyl (C=O) groups excluding carboxylic acids is 1. The average molecular weight is 413 g/mol. The van der Waals surface area contributed by atoms with Crippen molar-refractivity contribution >= 4 is 17.7 Å². The minimum absolute atomic E-state index is 0.0508. The van der Waals surface area contributed by atoms with Crippen molar-refractivity contribution in [3.63, 3.8) is 0 Å². The molecule has 0 unspecified atom stereocenters. The van der Waals surface area contributed by atoms with Gasteiger partial charge in [0.25, 0.3) is 0 Å². The van der Waals surface area contributed by atoms with Crippen molar-refractivity contribution in [1.29, 1.82) is 0 Å². The molecule has 0 fully saturated rings. The summed E-state index contributed by atoms with van der Waals surface area (Å²) in [5.74, 6) is 0.647. The van der Waals surface area contributed by atoms with Gasteiger partial charge in [0.1, 0.15) is 5.82 Å². The maximum Gasteiger partial charge on any atom is 0.233 e. The summed E-state index contributed by atoms with van der Waals surface area (Å²) in [6.07, 6.45) is 0. The Labute approximate surface area is 175 Å². The molecule has 3 rings (SSSR count). The van der Waals surface area contributed by atoms with Crippen molar-refractivity contribution in [3.8, 4) is 17.1 Å². The van der Waals surface area contributed by atoms with Crippen molar-refractivity contribution in [1.82, 2.24) is 19.7 Å². The van der Waals surface area contributed by atoms with Crippen LogP contribution in [0.1, 0.15) is 27.7 Å². The zero-order chi connectivity index (χ0) is 21.0. The Morgan fingerprint density at radius 1 is 1.00 bits per heavy atom. The number of thioether (sulfide) groups is 1. The molecular weight excluding hydrogens is 387 g/mol. The fourth-order valence-electron chi connectivity index (χ4n) is 3.33. The third-order valence-electron chi connectivity index (χ3n) is 4.48. The summed E-state index contributed by atoms with van der Waals surface area (Å²) in [4.78, 5) is 14.6. The summed E-state index contributed by atoms with van der Waals surface area (Å²) in [7, 11) is 0. The van der Waals surface area contributed by atoms with Crippen LogP contribution in [0.5, 0.6) is 0 Å². The largest absolute Gasteiger partial charge is 0.337 e. The number of hydrogen-bond acceptors (Lipinski definition) is 4. The molecule has 0 saturated heterocycles. The zero-order valence-corrected chi connectivity index (χ0v) is 17.9. The molecule has 3 aromatic rings. The van der Waals surface area contributed by atoms with Gasteiger partial charge < -0.3 is 4.90 Å². The Morgan fingerprint density at radius 3 is 2.21 bits per heavy atom. The number of hydrogen-bond donors (Lipinski definition) is 0. The lowest BCUT2D eigenvalue weighted by atomic mass is 10.2. The lowest BCUT2D eigenvalue weighted by Crippen LogP contribution is -2.43. The number of benzene rings is 2. The molecule has 0 saturated carbocycles. The van der Waals surface area contributed by atoms with Gasteiger partial charge in [-0.15, -0.1) is 10.2 Å². The monoisotopic (exact) mass is 412 g/mol. The molecule has 0 atom stereocenters. The first kappa shape index (κ1) is 21.0. The standard InChI is InChI=1S/C22H25FN4OS/c1-15(2)26(16(3)4)20(28)14-29-22-25-24-21(17-8-6-5-7-9-17)27(22)19-12-10-18(23)11-13-19/h5-13,15-16H,14H2,1-4H3. The molecule has 1 heterocycles. The smallest absolute Gasteiger partial charge is 0.233 e. The number of nitrogens with zero attached hydrogens (tertiary/aromatic N) is 4. The lowest BCUT2D eigenvalue weighted by Gasteiger charge is -2.30. The molecule has 0 aliphatic rings. The van der Waals surface area contributed by atoms with Crippen LogP contribution < -0.4 is 0 Å². The summed E-state index contributed by atoms with van der Waals surface area (Å²) in [5.41, 5.74) is 1.64. The van der Waals surface area contributed by atoms with E-state index in [-0.39, 0.29) is 29.6 Å². The van der Waals surface area contributed by atoms with Gasteiger partial charge >= 0.3 is 0 Å². The van der Waals surface area contributed by atoms with E-state index in [1.807, 2.05) is 67.5 Å². The van der Waals surface area contributed by atoms with E-state index in [0.29, 0.717) is 11.0 Å². The van der Waals surface area contributed by atoms with Crippen LogP contribution in [0.3, 0.4) is 0 Å². The highest BCUT2D eigenvalue weighted by molar-refractivity contribution is 7.99. The van der Waals surface area contributed by atoms with Gasteiger partial charge in [0.05, 0.1) is 5.75 Å². The highest BCUT2D eigenvalue weighted by Crippen LogP contribution is 2.28. The van der Waals surface area contributed by atoms with Gasteiger partial charge in [0, 0.05) is 23.3 Å². The van der Waals surface area contributed by atoms with E-state index in [4.69, 9.17) is 0 Å². The van der Waals surface area contributed by atoms with Crippen LogP contribution in [0.15, 0.2) is 59.8 Å². The van der Waals surface area contributed by atoms with E-state index >= 15 is 0 Å². The molecule has 152 valence electrons. The zero-order valence-electron chi connectivity index (χ0n) is 17.0. The van der Waals surface area contributed by atoms with E-state index < -0.39 is 0 Å². The SMILES string of the molecule is CC(C)N(C(=O)CSc1nnc(-c2ccccc2)n1-c1ccc(F)cc1)C(C)C. The van der Waals surface area contributed by atoms with Gasteiger partial charge in [-0.2, -0.15) is 0 Å². The third-order valence-corrected chi connectivity index (χ3v) is 5.39. The predicted molar refractivity (Wildman–Crippen MR) is 115 cm³/mol. The number of rotatable bonds is 7. The summed E-state index contributed by atoms with van der Waals surface area (Å²) in [6, 6.07) is 16.1.